The summed E-state index contributed by atoms with van der Waals surface area (Å²) in [5, 5.41) is 16.4. The van der Waals surface area contributed by atoms with Gasteiger partial charge >= 0.3 is 0 Å². The number of benzene rings is 5. The fourth-order valence-corrected chi connectivity index (χ4v) is 8.13. The monoisotopic (exact) mass is 856 g/mol. The summed E-state index contributed by atoms with van der Waals surface area (Å²) in [6, 6.07) is 29.8. The molecule has 0 saturated carbocycles. The third kappa shape index (κ3) is 9.29. The number of hydrogen-bond donors (Lipinski definition) is 2. The van der Waals surface area contributed by atoms with Crippen molar-refractivity contribution in [3.63, 3.8) is 0 Å². The second-order valence-corrected chi connectivity index (χ2v) is 15.4. The molecule has 2 amide bonds. The molecular weight excluding hydrogens is 814 g/mol. The maximum Gasteiger partial charge on any atom is 0.272 e. The van der Waals surface area contributed by atoms with Crippen LogP contribution in [0.3, 0.4) is 0 Å². The molecule has 316 valence electrons. The number of carbonyl (C=O) groups excluding carboxylic acids is 2. The molecule has 2 N–H and O–H groups in total. The number of nitrogens with one attached hydrogen (secondary N) is 2. The lowest BCUT2D eigenvalue weighted by Gasteiger charge is -2.34. The van der Waals surface area contributed by atoms with Crippen molar-refractivity contribution in [1.29, 1.82) is 0 Å². The molecule has 0 bridgehead atoms. The molecule has 0 aliphatic carbocycles. The van der Waals surface area contributed by atoms with Gasteiger partial charge in [-0.25, -0.2) is 13.9 Å². The molecule has 14 heteroatoms. The van der Waals surface area contributed by atoms with Gasteiger partial charge in [0.25, 0.3) is 11.5 Å². The first-order chi connectivity index (χ1) is 30.2. The maximum atomic E-state index is 15.0. The van der Waals surface area contributed by atoms with E-state index in [1.54, 1.807) is 40.3 Å². The Morgan fingerprint density at radius 3 is 2.34 bits per heavy atom. The number of piperazine rings is 1. The molecule has 1 saturated heterocycles. The minimum Gasteiger partial charge on any atom is -0.494 e. The Hall–Kier alpha value is -6.70. The minimum atomic E-state index is -0.633. The van der Waals surface area contributed by atoms with E-state index in [-0.39, 0.29) is 36.7 Å². The predicted octanol–water partition coefficient (Wildman–Crippen LogP) is 8.46. The Labute approximate surface area is 360 Å². The molecule has 5 aromatic carbocycles. The number of amides is 2. The number of rotatable bonds is 14. The van der Waals surface area contributed by atoms with Crippen molar-refractivity contribution < 1.29 is 27.8 Å². The molecule has 62 heavy (non-hydrogen) atoms. The highest BCUT2D eigenvalue weighted by Gasteiger charge is 2.27. The van der Waals surface area contributed by atoms with Gasteiger partial charge in [-0.3, -0.25) is 19.5 Å². The van der Waals surface area contributed by atoms with Crippen molar-refractivity contribution in [3.05, 3.63) is 170 Å². The number of hydrogen-bond acceptors (Lipinski definition) is 7. The Balaban J connectivity index is 0.812. The molecule has 8 rings (SSSR count). The Morgan fingerprint density at radius 1 is 0.806 bits per heavy atom. The van der Waals surface area contributed by atoms with Crippen LogP contribution in [0.1, 0.15) is 58.1 Å². The molecule has 7 aromatic rings. The summed E-state index contributed by atoms with van der Waals surface area (Å²) in [7, 11) is 0. The van der Waals surface area contributed by atoms with Gasteiger partial charge in [0, 0.05) is 49.8 Å². The Morgan fingerprint density at radius 2 is 1.56 bits per heavy atom. The first-order valence-corrected chi connectivity index (χ1v) is 20.8. The van der Waals surface area contributed by atoms with Gasteiger partial charge in [0.1, 0.15) is 24.0 Å². The Kier molecular flexibility index (Phi) is 12.8. The van der Waals surface area contributed by atoms with Crippen LogP contribution >= 0.6 is 11.6 Å². The minimum absolute atomic E-state index is 0.0551. The van der Waals surface area contributed by atoms with Crippen LogP contribution in [0.5, 0.6) is 5.75 Å². The van der Waals surface area contributed by atoms with E-state index in [1.807, 2.05) is 55.5 Å². The highest BCUT2D eigenvalue weighted by molar-refractivity contribution is 6.32. The highest BCUT2D eigenvalue weighted by Crippen LogP contribution is 2.38. The molecule has 0 spiro atoms. The van der Waals surface area contributed by atoms with E-state index in [2.05, 4.69) is 26.5 Å². The normalized spacial score (nSPS) is 13.4. The quantitative estimate of drug-likeness (QED) is 0.0829. The van der Waals surface area contributed by atoms with Crippen molar-refractivity contribution in [2.75, 3.05) is 46.0 Å². The molecule has 0 radical (unpaired) electrons. The maximum absolute atomic E-state index is 15.0. The van der Waals surface area contributed by atoms with Crippen molar-refractivity contribution in [2.24, 2.45) is 0 Å². The number of allylic oxidation sites excluding steroid dienone is 1. The van der Waals surface area contributed by atoms with Crippen LogP contribution < -0.4 is 10.3 Å². The number of carbonyl (C=O) groups is 2. The van der Waals surface area contributed by atoms with Gasteiger partial charge in [-0.15, -0.1) is 0 Å². The van der Waals surface area contributed by atoms with Crippen LogP contribution in [0.25, 0.3) is 32.8 Å². The number of nitrogens with zero attached hydrogens (tertiary/aromatic N) is 4. The number of aromatic nitrogens is 4. The van der Waals surface area contributed by atoms with Crippen molar-refractivity contribution >= 4 is 56.2 Å². The van der Waals surface area contributed by atoms with Gasteiger partial charge < -0.3 is 19.3 Å². The first-order valence-electron chi connectivity index (χ1n) is 20.4. The molecule has 1 aliphatic rings. The molecule has 3 heterocycles. The standard InChI is InChI=1S/C48H43ClF2N6O5/c1-2-36(37-15-12-34(50)27-41(37)49)46(32-11-17-43-33(26-32)28-52-53-43)31-9-13-35(14-10-31)62-23-5-22-61-29-45(58)56-18-20-57(21-19-56)48(60)40-24-30(8-16-42(40)51)25-44-38-6-3-4-7-39(38)47(59)55-54-44/h3-4,6-17,24,26-28H,2,5,18-23,25,29H2,1H3,(H,52,53)(H,55,59)/b46-36+. The van der Waals surface area contributed by atoms with Crippen LogP contribution in [0, 0.1) is 11.6 Å². The lowest BCUT2D eigenvalue weighted by Crippen LogP contribution is -2.51. The number of fused-ring (bicyclic) bond motifs is 2. The summed E-state index contributed by atoms with van der Waals surface area (Å²) in [5.41, 5.74) is 6.46. The van der Waals surface area contributed by atoms with E-state index in [9.17, 15) is 23.2 Å². The summed E-state index contributed by atoms with van der Waals surface area (Å²) in [6.07, 6.45) is 3.27. The second kappa shape index (κ2) is 18.9. The van der Waals surface area contributed by atoms with Crippen molar-refractivity contribution in [3.8, 4) is 5.75 Å². The van der Waals surface area contributed by atoms with E-state index in [4.69, 9.17) is 21.1 Å². The molecule has 11 nitrogen and oxygen atoms in total. The zero-order valence-corrected chi connectivity index (χ0v) is 34.7. The largest absolute Gasteiger partial charge is 0.494 e. The predicted molar refractivity (Wildman–Crippen MR) is 235 cm³/mol. The highest BCUT2D eigenvalue weighted by atomic mass is 35.5. The summed E-state index contributed by atoms with van der Waals surface area (Å²) < 4.78 is 40.7. The molecular formula is C48H43ClF2N6O5. The van der Waals surface area contributed by atoms with Gasteiger partial charge in [0.2, 0.25) is 5.91 Å². The van der Waals surface area contributed by atoms with Crippen LogP contribution in [-0.2, 0) is 16.0 Å². The van der Waals surface area contributed by atoms with Crippen molar-refractivity contribution in [2.45, 2.75) is 26.2 Å². The van der Waals surface area contributed by atoms with Crippen LogP contribution in [-0.4, -0.2) is 88.0 Å². The van der Waals surface area contributed by atoms with Crippen LogP contribution in [0.15, 0.2) is 114 Å². The summed E-state index contributed by atoms with van der Waals surface area (Å²) >= 11 is 6.58. The van der Waals surface area contributed by atoms with Crippen molar-refractivity contribution in [1.82, 2.24) is 30.2 Å². The summed E-state index contributed by atoms with van der Waals surface area (Å²) in [6.45, 7) is 3.73. The molecule has 0 unspecified atom stereocenters. The first kappa shape index (κ1) is 42.0. The van der Waals surface area contributed by atoms with E-state index in [0.29, 0.717) is 78.4 Å². The van der Waals surface area contributed by atoms with Gasteiger partial charge in [-0.2, -0.15) is 10.2 Å². The van der Waals surface area contributed by atoms with Crippen LogP contribution in [0.4, 0.5) is 8.78 Å². The van der Waals surface area contributed by atoms with Gasteiger partial charge in [-0.05, 0) is 94.4 Å². The number of halogens is 3. The molecule has 2 aromatic heterocycles. The molecule has 0 atom stereocenters. The molecule has 1 fully saturated rings. The lowest BCUT2D eigenvalue weighted by atomic mass is 9.87. The summed E-state index contributed by atoms with van der Waals surface area (Å²) in [5.74, 6) is -0.999. The van der Waals surface area contributed by atoms with E-state index >= 15 is 0 Å². The van der Waals surface area contributed by atoms with E-state index < -0.39 is 17.5 Å². The summed E-state index contributed by atoms with van der Waals surface area (Å²) in [4.78, 5) is 41.8. The average molecular weight is 857 g/mol. The van der Waals surface area contributed by atoms with E-state index in [1.165, 1.54) is 24.3 Å². The topological polar surface area (TPSA) is 134 Å². The van der Waals surface area contributed by atoms with E-state index in [0.717, 1.165) is 38.7 Å². The van der Waals surface area contributed by atoms with Gasteiger partial charge in [-0.1, -0.05) is 67.1 Å². The Bertz CT molecular complexity index is 2850. The zero-order valence-electron chi connectivity index (χ0n) is 33.9. The SMILES string of the molecule is CC/C(=C(/c1ccc(OCCCOCC(=O)N2CCN(C(=O)c3cc(Cc4n[nH]c(=O)c5ccccc45)ccc3F)CC2)cc1)c1ccc2[nH]ncc2c1)c1ccc(F)cc1Cl. The van der Waals surface area contributed by atoms with Gasteiger partial charge in [0.05, 0.1) is 46.6 Å². The smallest absolute Gasteiger partial charge is 0.272 e. The third-order valence-corrected chi connectivity index (χ3v) is 11.4. The number of aromatic amines is 2. The number of H-pyrrole nitrogens is 2. The lowest BCUT2D eigenvalue weighted by molar-refractivity contribution is -0.137. The average Bonchev–Trinajstić information content (AvgIpc) is 3.77. The zero-order chi connectivity index (χ0) is 43.2. The van der Waals surface area contributed by atoms with Crippen LogP contribution in [0.2, 0.25) is 5.02 Å². The third-order valence-electron chi connectivity index (χ3n) is 11.0. The fraction of sp³-hybridized carbons (Fsp3) is 0.229. The molecule has 1 aliphatic heterocycles. The number of ether oxygens (including phenoxy) is 2. The fourth-order valence-electron chi connectivity index (χ4n) is 7.84. The second-order valence-electron chi connectivity index (χ2n) is 15.0. The van der Waals surface area contributed by atoms with Gasteiger partial charge in [0.15, 0.2) is 0 Å².